The van der Waals surface area contributed by atoms with Crippen molar-refractivity contribution >= 4 is 40.4 Å². The number of pyridine rings is 1. The highest BCUT2D eigenvalue weighted by Crippen LogP contribution is 2.34. The number of aromatic amines is 1. The van der Waals surface area contributed by atoms with Gasteiger partial charge in [0.05, 0.1) is 16.9 Å². The minimum absolute atomic E-state index is 0.0432. The number of H-pyrrole nitrogens is 1. The van der Waals surface area contributed by atoms with Gasteiger partial charge in [-0.3, -0.25) is 19.5 Å². The Morgan fingerprint density at radius 1 is 0.914 bits per heavy atom. The molecular weight excluding hydrogens is 464 g/mol. The molecule has 8 heteroatoms. The van der Waals surface area contributed by atoms with Gasteiger partial charge < -0.3 is 0 Å². The summed E-state index contributed by atoms with van der Waals surface area (Å²) in [6.45, 7) is 3.72. The molecule has 5 rings (SSSR count). The average molecular weight is 486 g/mol. The first-order valence-corrected chi connectivity index (χ1v) is 11.5. The van der Waals surface area contributed by atoms with Gasteiger partial charge in [0, 0.05) is 22.3 Å². The van der Waals surface area contributed by atoms with Crippen molar-refractivity contribution < 1.29 is 14.2 Å². The molecule has 0 spiro atoms. The van der Waals surface area contributed by atoms with Crippen LogP contribution in [0, 0.1) is 6.92 Å². The third kappa shape index (κ3) is 3.80. The fourth-order valence-corrected chi connectivity index (χ4v) is 4.49. The number of carbonyl (C=O) groups excluding carboxylic acids is 2. The van der Waals surface area contributed by atoms with Gasteiger partial charge in [-0.1, -0.05) is 42.8 Å². The lowest BCUT2D eigenvalue weighted by Crippen LogP contribution is -2.40. The van der Waals surface area contributed by atoms with Gasteiger partial charge in [0.15, 0.2) is 12.4 Å². The summed E-state index contributed by atoms with van der Waals surface area (Å²) in [5.74, 6) is -1.11. The van der Waals surface area contributed by atoms with E-state index >= 15 is 0 Å². The number of aromatic nitrogens is 3. The molecule has 0 bridgehead atoms. The molecule has 1 aliphatic rings. The molecule has 2 amide bonds. The van der Waals surface area contributed by atoms with Gasteiger partial charge >= 0.3 is 5.91 Å². The molecule has 0 fully saturated rings. The Hall–Kier alpha value is -4.23. The number of aryl methyl sites for hydroxylation is 2. The Balaban J connectivity index is 1.77. The summed E-state index contributed by atoms with van der Waals surface area (Å²) in [6, 6.07) is 19.4. The van der Waals surface area contributed by atoms with Crippen LogP contribution < -0.4 is 15.0 Å². The van der Waals surface area contributed by atoms with Crippen molar-refractivity contribution in [1.29, 1.82) is 0 Å². The largest absolute Gasteiger partial charge is 0.331 e. The molecule has 0 saturated heterocycles. The Kier molecular flexibility index (Phi) is 5.70. The van der Waals surface area contributed by atoms with Gasteiger partial charge in [-0.05, 0) is 49.7 Å². The van der Waals surface area contributed by atoms with E-state index in [1.807, 2.05) is 37.3 Å². The first-order chi connectivity index (χ1) is 16.9. The second-order valence-corrected chi connectivity index (χ2v) is 8.65. The van der Waals surface area contributed by atoms with Crippen LogP contribution in [0.15, 0.2) is 83.9 Å². The van der Waals surface area contributed by atoms with Crippen molar-refractivity contribution in [2.75, 3.05) is 4.90 Å². The minimum atomic E-state index is -0.582. The van der Waals surface area contributed by atoms with E-state index < -0.39 is 17.4 Å². The van der Waals surface area contributed by atoms with E-state index in [1.165, 1.54) is 4.68 Å². The third-order valence-electron chi connectivity index (χ3n) is 5.99. The van der Waals surface area contributed by atoms with E-state index in [4.69, 9.17) is 11.6 Å². The van der Waals surface area contributed by atoms with Crippen LogP contribution in [0.1, 0.15) is 23.7 Å². The molecule has 1 N–H and O–H groups in total. The quantitative estimate of drug-likeness (QED) is 0.344. The SMILES string of the molecule is CCc1ccc[n+](C2=C(c3c(C)[nH]n(-c4ccccc4)c3=O)C(=O)N(c3cccc(Cl)c3)C2=O)c1. The molecule has 3 heterocycles. The average Bonchev–Trinajstić information content (AvgIpc) is 3.30. The first kappa shape index (κ1) is 22.6. The topological polar surface area (TPSA) is 79.1 Å². The molecule has 4 aromatic rings. The number of halogens is 1. The zero-order valence-electron chi connectivity index (χ0n) is 19.2. The number of para-hydroxylation sites is 1. The molecule has 35 heavy (non-hydrogen) atoms. The van der Waals surface area contributed by atoms with Crippen molar-refractivity contribution in [1.82, 2.24) is 9.78 Å². The fourth-order valence-electron chi connectivity index (χ4n) is 4.30. The monoisotopic (exact) mass is 485 g/mol. The van der Waals surface area contributed by atoms with Crippen LogP contribution in [0.25, 0.3) is 17.0 Å². The number of nitrogens with one attached hydrogen (secondary N) is 1. The van der Waals surface area contributed by atoms with Crippen LogP contribution in [0.3, 0.4) is 0 Å². The summed E-state index contributed by atoms with van der Waals surface area (Å²) >= 11 is 6.16. The maximum atomic E-state index is 13.8. The fraction of sp³-hybridized carbons (Fsp3) is 0.111. The van der Waals surface area contributed by atoms with Gasteiger partial charge in [0.1, 0.15) is 5.57 Å². The number of carbonyl (C=O) groups is 2. The second kappa shape index (κ2) is 8.85. The van der Waals surface area contributed by atoms with Crippen LogP contribution >= 0.6 is 11.6 Å². The van der Waals surface area contributed by atoms with E-state index in [2.05, 4.69) is 5.10 Å². The summed E-state index contributed by atoms with van der Waals surface area (Å²) in [5.41, 5.74) is 2.32. The van der Waals surface area contributed by atoms with Gasteiger partial charge in [0.25, 0.3) is 17.2 Å². The minimum Gasteiger partial charge on any atom is -0.295 e. The van der Waals surface area contributed by atoms with Crippen LogP contribution in [0.2, 0.25) is 5.02 Å². The number of rotatable bonds is 5. The number of hydrogen-bond acceptors (Lipinski definition) is 3. The number of hydrogen-bond donors (Lipinski definition) is 1. The van der Waals surface area contributed by atoms with E-state index in [1.54, 1.807) is 60.3 Å². The number of benzene rings is 2. The van der Waals surface area contributed by atoms with Crippen LogP contribution in [0.5, 0.6) is 0 Å². The molecule has 2 aromatic heterocycles. The van der Waals surface area contributed by atoms with Crippen molar-refractivity contribution in [2.45, 2.75) is 20.3 Å². The van der Waals surface area contributed by atoms with Crippen LogP contribution in [0.4, 0.5) is 5.69 Å². The van der Waals surface area contributed by atoms with E-state index in [0.29, 0.717) is 22.1 Å². The van der Waals surface area contributed by atoms with Crippen LogP contribution in [-0.4, -0.2) is 21.6 Å². The zero-order valence-corrected chi connectivity index (χ0v) is 19.9. The Labute approximate surface area is 206 Å². The summed E-state index contributed by atoms with van der Waals surface area (Å²) in [6.07, 6.45) is 4.26. The predicted octanol–water partition coefficient (Wildman–Crippen LogP) is 3.92. The highest BCUT2D eigenvalue weighted by molar-refractivity contribution is 6.53. The zero-order chi connectivity index (χ0) is 24.7. The standard InChI is InChI=1S/C27H21ClN4O3/c1-3-18-9-8-14-30(16-18)24-23(25(33)31(27(24)35)21-13-7-10-19(28)15-21)22-17(2)29-32(26(22)34)20-11-5-4-6-12-20/h4-16H,3H2,1-2H3/p+1. The molecule has 0 atom stereocenters. The molecule has 0 radical (unpaired) electrons. The Morgan fingerprint density at radius 3 is 2.37 bits per heavy atom. The van der Waals surface area contributed by atoms with Gasteiger partial charge in [0.2, 0.25) is 0 Å². The Bertz CT molecular complexity index is 1570. The van der Waals surface area contributed by atoms with Crippen LogP contribution in [-0.2, 0) is 16.0 Å². The number of amides is 2. The van der Waals surface area contributed by atoms with E-state index in [0.717, 1.165) is 16.9 Å². The van der Waals surface area contributed by atoms with E-state index in [-0.39, 0.29) is 16.8 Å². The van der Waals surface area contributed by atoms with Gasteiger partial charge in [-0.25, -0.2) is 9.58 Å². The summed E-state index contributed by atoms with van der Waals surface area (Å²) in [7, 11) is 0. The maximum absolute atomic E-state index is 13.8. The highest BCUT2D eigenvalue weighted by Gasteiger charge is 2.48. The second-order valence-electron chi connectivity index (χ2n) is 8.21. The Morgan fingerprint density at radius 2 is 1.66 bits per heavy atom. The normalized spacial score (nSPS) is 13.7. The van der Waals surface area contributed by atoms with Crippen molar-refractivity contribution in [3.8, 4) is 5.69 Å². The molecule has 174 valence electrons. The van der Waals surface area contributed by atoms with Crippen molar-refractivity contribution in [3.05, 3.63) is 111 Å². The van der Waals surface area contributed by atoms with Crippen molar-refractivity contribution in [3.63, 3.8) is 0 Å². The number of imide groups is 1. The molecule has 1 aliphatic heterocycles. The molecule has 0 saturated carbocycles. The molecule has 7 nitrogen and oxygen atoms in total. The van der Waals surface area contributed by atoms with Crippen molar-refractivity contribution in [2.24, 2.45) is 0 Å². The first-order valence-electron chi connectivity index (χ1n) is 11.2. The van der Waals surface area contributed by atoms with Gasteiger partial charge in [-0.15, -0.1) is 0 Å². The summed E-state index contributed by atoms with van der Waals surface area (Å²) in [5, 5.41) is 3.45. The van der Waals surface area contributed by atoms with E-state index in [9.17, 15) is 14.4 Å². The summed E-state index contributed by atoms with van der Waals surface area (Å²) < 4.78 is 3.00. The molecule has 2 aromatic carbocycles. The lowest BCUT2D eigenvalue weighted by atomic mass is 10.1. The maximum Gasteiger partial charge on any atom is 0.331 e. The molecule has 0 unspecified atom stereocenters. The lowest BCUT2D eigenvalue weighted by Gasteiger charge is -2.14. The number of nitrogens with zero attached hydrogens (tertiary/aromatic N) is 3. The third-order valence-corrected chi connectivity index (χ3v) is 6.23. The lowest BCUT2D eigenvalue weighted by molar-refractivity contribution is -0.577. The summed E-state index contributed by atoms with van der Waals surface area (Å²) in [4.78, 5) is 42.3. The molecule has 0 aliphatic carbocycles. The van der Waals surface area contributed by atoms with Gasteiger partial charge in [-0.2, -0.15) is 4.57 Å². The number of anilines is 1. The smallest absolute Gasteiger partial charge is 0.295 e. The highest BCUT2D eigenvalue weighted by atomic mass is 35.5. The predicted molar refractivity (Wildman–Crippen MR) is 134 cm³/mol. The molecular formula is C27H22ClN4O3+.